The quantitative estimate of drug-likeness (QED) is 0.672. The summed E-state index contributed by atoms with van der Waals surface area (Å²) in [6.45, 7) is 3.74. The van der Waals surface area contributed by atoms with Gasteiger partial charge in [-0.15, -0.1) is 0 Å². The van der Waals surface area contributed by atoms with Crippen molar-refractivity contribution in [2.45, 2.75) is 11.8 Å². The van der Waals surface area contributed by atoms with E-state index in [4.69, 9.17) is 14.2 Å². The second-order valence-electron chi connectivity index (χ2n) is 5.59. The number of methoxy groups -OCH3 is 1. The van der Waals surface area contributed by atoms with E-state index in [1.165, 1.54) is 10.4 Å². The van der Waals surface area contributed by atoms with Gasteiger partial charge in [0.2, 0.25) is 15.9 Å². The molecule has 1 amide bonds. The third-order valence-corrected chi connectivity index (χ3v) is 5.77. The summed E-state index contributed by atoms with van der Waals surface area (Å²) in [6, 6.07) is 4.82. The lowest BCUT2D eigenvalue weighted by Crippen LogP contribution is -2.40. The van der Waals surface area contributed by atoms with Crippen molar-refractivity contribution in [3.63, 3.8) is 0 Å². The lowest BCUT2D eigenvalue weighted by Gasteiger charge is -2.26. The molecule has 0 spiro atoms. The van der Waals surface area contributed by atoms with Crippen molar-refractivity contribution >= 4 is 21.6 Å². The maximum atomic E-state index is 12.8. The standard InChI is InChI=1S/C16H24N2O6S/c1-13-3-4-14(17-16(19)12-24-10-9-22-2)11-15(13)25(20,21)18-5-7-23-8-6-18/h3-4,11H,5-10,12H2,1-2H3,(H,17,19). The molecule has 9 heteroatoms. The highest BCUT2D eigenvalue weighted by molar-refractivity contribution is 7.89. The number of carbonyl (C=O) groups is 1. The van der Waals surface area contributed by atoms with Crippen LogP contribution in [0.15, 0.2) is 23.1 Å². The number of aryl methyl sites for hydroxylation is 1. The molecule has 0 atom stereocenters. The molecule has 1 aliphatic rings. The third kappa shape index (κ3) is 5.48. The fourth-order valence-corrected chi connectivity index (χ4v) is 4.04. The van der Waals surface area contributed by atoms with Crippen molar-refractivity contribution in [3.8, 4) is 0 Å². The average molecular weight is 372 g/mol. The Balaban J connectivity index is 2.07. The van der Waals surface area contributed by atoms with Crippen LogP contribution in [0.5, 0.6) is 0 Å². The molecule has 1 fully saturated rings. The van der Waals surface area contributed by atoms with Crippen LogP contribution in [0, 0.1) is 6.92 Å². The first-order valence-corrected chi connectivity index (χ1v) is 9.44. The second-order valence-corrected chi connectivity index (χ2v) is 7.50. The monoisotopic (exact) mass is 372 g/mol. The maximum absolute atomic E-state index is 12.8. The molecule has 0 unspecified atom stereocenters. The molecule has 1 heterocycles. The summed E-state index contributed by atoms with van der Waals surface area (Å²) in [6.07, 6.45) is 0. The average Bonchev–Trinajstić information content (AvgIpc) is 2.61. The number of benzene rings is 1. The zero-order chi connectivity index (χ0) is 18.3. The molecule has 2 rings (SSSR count). The number of nitrogens with zero attached hydrogens (tertiary/aromatic N) is 1. The SMILES string of the molecule is COCCOCC(=O)Nc1ccc(C)c(S(=O)(=O)N2CCOCC2)c1. The predicted octanol–water partition coefficient (Wildman–Crippen LogP) is 0.617. The van der Waals surface area contributed by atoms with Gasteiger partial charge in [-0.05, 0) is 24.6 Å². The minimum Gasteiger partial charge on any atom is -0.382 e. The van der Waals surface area contributed by atoms with Gasteiger partial charge in [0.05, 0.1) is 31.3 Å². The van der Waals surface area contributed by atoms with E-state index in [9.17, 15) is 13.2 Å². The molecule has 0 aromatic heterocycles. The van der Waals surface area contributed by atoms with Gasteiger partial charge < -0.3 is 19.5 Å². The number of morpholine rings is 1. The van der Waals surface area contributed by atoms with Gasteiger partial charge in [-0.25, -0.2) is 8.42 Å². The van der Waals surface area contributed by atoms with E-state index < -0.39 is 10.0 Å². The molecule has 0 radical (unpaired) electrons. The van der Waals surface area contributed by atoms with Crippen LogP contribution in [0.25, 0.3) is 0 Å². The number of amides is 1. The Bertz CT molecular complexity index is 686. The number of ether oxygens (including phenoxy) is 3. The summed E-state index contributed by atoms with van der Waals surface area (Å²) in [5.41, 5.74) is 1.04. The molecule has 140 valence electrons. The summed E-state index contributed by atoms with van der Waals surface area (Å²) >= 11 is 0. The van der Waals surface area contributed by atoms with Crippen LogP contribution in [0.1, 0.15) is 5.56 Å². The minimum atomic E-state index is -3.62. The molecular formula is C16H24N2O6S. The van der Waals surface area contributed by atoms with Gasteiger partial charge in [0, 0.05) is 25.9 Å². The van der Waals surface area contributed by atoms with Crippen LogP contribution in [-0.4, -0.2) is 71.9 Å². The Labute approximate surface area is 148 Å². The van der Waals surface area contributed by atoms with E-state index in [1.807, 2.05) is 0 Å². The number of rotatable bonds is 8. The Kier molecular flexibility index (Phi) is 7.33. The second kappa shape index (κ2) is 9.25. The first kappa shape index (κ1) is 19.8. The topological polar surface area (TPSA) is 94.2 Å². The van der Waals surface area contributed by atoms with Gasteiger partial charge in [0.1, 0.15) is 6.61 Å². The van der Waals surface area contributed by atoms with Crippen LogP contribution >= 0.6 is 0 Å². The minimum absolute atomic E-state index is 0.122. The summed E-state index contributed by atoms with van der Waals surface area (Å²) in [7, 11) is -2.07. The number of carbonyl (C=O) groups excluding carboxylic acids is 1. The van der Waals surface area contributed by atoms with E-state index in [1.54, 1.807) is 26.2 Å². The summed E-state index contributed by atoms with van der Waals surface area (Å²) in [4.78, 5) is 12.1. The van der Waals surface area contributed by atoms with Crippen molar-refractivity contribution in [3.05, 3.63) is 23.8 Å². The molecular weight excluding hydrogens is 348 g/mol. The molecule has 1 aromatic rings. The summed E-state index contributed by atoms with van der Waals surface area (Å²) in [5, 5.41) is 2.65. The van der Waals surface area contributed by atoms with Crippen LogP contribution < -0.4 is 5.32 Å². The van der Waals surface area contributed by atoms with Crippen LogP contribution in [0.2, 0.25) is 0 Å². The Hall–Kier alpha value is -1.52. The zero-order valence-corrected chi connectivity index (χ0v) is 15.3. The fraction of sp³-hybridized carbons (Fsp3) is 0.562. The molecule has 25 heavy (non-hydrogen) atoms. The lowest BCUT2D eigenvalue weighted by molar-refractivity contribution is -0.121. The van der Waals surface area contributed by atoms with Gasteiger partial charge in [-0.3, -0.25) is 4.79 Å². The molecule has 1 saturated heterocycles. The number of hydrogen-bond acceptors (Lipinski definition) is 6. The highest BCUT2D eigenvalue weighted by Crippen LogP contribution is 2.24. The predicted molar refractivity (Wildman–Crippen MR) is 92.1 cm³/mol. The molecule has 0 bridgehead atoms. The first-order chi connectivity index (χ1) is 11.9. The van der Waals surface area contributed by atoms with Crippen LogP contribution in [-0.2, 0) is 29.0 Å². The molecule has 8 nitrogen and oxygen atoms in total. The van der Waals surface area contributed by atoms with E-state index in [0.29, 0.717) is 50.8 Å². The Morgan fingerprint density at radius 3 is 2.68 bits per heavy atom. The zero-order valence-electron chi connectivity index (χ0n) is 14.5. The van der Waals surface area contributed by atoms with Gasteiger partial charge in [-0.1, -0.05) is 6.07 Å². The van der Waals surface area contributed by atoms with Gasteiger partial charge >= 0.3 is 0 Å². The van der Waals surface area contributed by atoms with E-state index in [-0.39, 0.29) is 17.4 Å². The number of sulfonamides is 1. The fourth-order valence-electron chi connectivity index (χ4n) is 2.39. The molecule has 1 aromatic carbocycles. The number of anilines is 1. The summed E-state index contributed by atoms with van der Waals surface area (Å²) < 4.78 is 42.2. The van der Waals surface area contributed by atoms with E-state index in [0.717, 1.165) is 0 Å². The first-order valence-electron chi connectivity index (χ1n) is 8.00. The van der Waals surface area contributed by atoms with E-state index >= 15 is 0 Å². The van der Waals surface area contributed by atoms with Crippen molar-refractivity contribution in [2.24, 2.45) is 0 Å². The van der Waals surface area contributed by atoms with Crippen molar-refractivity contribution in [1.82, 2.24) is 4.31 Å². The Morgan fingerprint density at radius 2 is 2.00 bits per heavy atom. The third-order valence-electron chi connectivity index (χ3n) is 3.72. The highest BCUT2D eigenvalue weighted by atomic mass is 32.2. The lowest BCUT2D eigenvalue weighted by atomic mass is 10.2. The normalized spacial score (nSPS) is 15.9. The van der Waals surface area contributed by atoms with Crippen molar-refractivity contribution in [1.29, 1.82) is 0 Å². The van der Waals surface area contributed by atoms with Crippen molar-refractivity contribution < 1.29 is 27.4 Å². The molecule has 0 saturated carbocycles. The Morgan fingerprint density at radius 1 is 1.28 bits per heavy atom. The highest BCUT2D eigenvalue weighted by Gasteiger charge is 2.28. The molecule has 1 N–H and O–H groups in total. The van der Waals surface area contributed by atoms with Crippen molar-refractivity contribution in [2.75, 3.05) is 58.6 Å². The van der Waals surface area contributed by atoms with Gasteiger partial charge in [0.25, 0.3) is 0 Å². The van der Waals surface area contributed by atoms with Gasteiger partial charge in [0.15, 0.2) is 0 Å². The molecule has 1 aliphatic heterocycles. The van der Waals surface area contributed by atoms with Crippen LogP contribution in [0.3, 0.4) is 0 Å². The summed E-state index contributed by atoms with van der Waals surface area (Å²) in [5.74, 6) is -0.352. The van der Waals surface area contributed by atoms with Crippen LogP contribution in [0.4, 0.5) is 5.69 Å². The maximum Gasteiger partial charge on any atom is 0.250 e. The number of hydrogen-bond donors (Lipinski definition) is 1. The molecule has 0 aliphatic carbocycles. The van der Waals surface area contributed by atoms with Gasteiger partial charge in [-0.2, -0.15) is 4.31 Å². The number of nitrogens with one attached hydrogen (secondary N) is 1. The largest absolute Gasteiger partial charge is 0.382 e. The smallest absolute Gasteiger partial charge is 0.250 e. The van der Waals surface area contributed by atoms with E-state index in [2.05, 4.69) is 5.32 Å².